The van der Waals surface area contributed by atoms with Gasteiger partial charge in [0.2, 0.25) is 0 Å². The second-order valence-electron chi connectivity index (χ2n) is 18.9. The number of carbonyl (C=O) groups is 1. The zero-order valence-corrected chi connectivity index (χ0v) is 30.6. The highest BCUT2D eigenvalue weighted by atomic mass is 28.4. The fraction of sp³-hybridized carbons (Fsp3) is 0.974. The van der Waals surface area contributed by atoms with Gasteiger partial charge in [0.05, 0.1) is 12.2 Å². The lowest BCUT2D eigenvalue weighted by Crippen LogP contribution is -2.60. The van der Waals surface area contributed by atoms with E-state index >= 15 is 0 Å². The number of rotatable bonds is 6. The maximum Gasteiger partial charge on any atom is 0.192 e. The van der Waals surface area contributed by atoms with Crippen molar-refractivity contribution >= 4 is 14.1 Å². The highest BCUT2D eigenvalue weighted by Gasteiger charge is 2.84. The van der Waals surface area contributed by atoms with Gasteiger partial charge in [-0.05, 0) is 121 Å². The molecule has 0 radical (unpaired) electrons. The van der Waals surface area contributed by atoms with Crippen molar-refractivity contribution in [1.29, 1.82) is 0 Å². The summed E-state index contributed by atoms with van der Waals surface area (Å²) in [6, 6.07) is 3.53. The number of carbonyl (C=O) groups excluding carboxylic acids is 1. The molecule has 0 aromatic carbocycles. The molecule has 42 heavy (non-hydrogen) atoms. The predicted molar refractivity (Wildman–Crippen MR) is 176 cm³/mol. The summed E-state index contributed by atoms with van der Waals surface area (Å²) in [6.45, 7) is 29.0. The summed E-state index contributed by atoms with van der Waals surface area (Å²) >= 11 is 0. The van der Waals surface area contributed by atoms with Gasteiger partial charge < -0.3 is 9.16 Å². The van der Waals surface area contributed by atoms with E-state index < -0.39 is 8.32 Å². The minimum absolute atomic E-state index is 0.0435. The maximum absolute atomic E-state index is 13.8. The molecule has 0 aromatic rings. The van der Waals surface area contributed by atoms with Crippen molar-refractivity contribution < 1.29 is 14.0 Å². The Bertz CT molecular complexity index is 1080. The third kappa shape index (κ3) is 3.79. The van der Waals surface area contributed by atoms with E-state index in [-0.39, 0.29) is 34.6 Å². The second kappa shape index (κ2) is 9.66. The zero-order chi connectivity index (χ0) is 30.9. The van der Waals surface area contributed by atoms with E-state index in [4.69, 9.17) is 9.16 Å². The Hall–Kier alpha value is -0.193. The van der Waals surface area contributed by atoms with Crippen LogP contribution in [0.15, 0.2) is 0 Å². The molecular formula is C38H66O3Si. The smallest absolute Gasteiger partial charge is 0.192 e. The summed E-state index contributed by atoms with van der Waals surface area (Å²) in [7, 11) is -1.92. The highest BCUT2D eigenvalue weighted by molar-refractivity contribution is 6.73. The summed E-state index contributed by atoms with van der Waals surface area (Å²) in [5.41, 5.74) is 1.40. The molecule has 3 nitrogen and oxygen atoms in total. The molecule has 5 saturated carbocycles. The Morgan fingerprint density at radius 1 is 0.881 bits per heavy atom. The largest absolute Gasteiger partial charge is 0.411 e. The topological polar surface area (TPSA) is 35.5 Å². The molecule has 0 bridgehead atoms. The number of hydrogen-bond acceptors (Lipinski definition) is 3. The number of Topliss-reactive ketones (excluding diaryl/α,β-unsaturated/α-hetero) is 1. The molecule has 0 aromatic heterocycles. The van der Waals surface area contributed by atoms with Crippen molar-refractivity contribution in [3.8, 4) is 0 Å². The van der Waals surface area contributed by atoms with Crippen molar-refractivity contribution in [3.05, 3.63) is 0 Å². The van der Waals surface area contributed by atoms with Gasteiger partial charge in [-0.25, -0.2) is 0 Å². The molecule has 6 fully saturated rings. The molecule has 0 N–H and O–H groups in total. The summed E-state index contributed by atoms with van der Waals surface area (Å²) in [4.78, 5) is 13.8. The van der Waals surface area contributed by atoms with Crippen LogP contribution < -0.4 is 0 Å². The number of hydrogen-bond donors (Lipinski definition) is 0. The van der Waals surface area contributed by atoms with Crippen LogP contribution in [0.2, 0.25) is 18.1 Å². The molecule has 0 amide bonds. The lowest BCUT2D eigenvalue weighted by atomic mass is 9.41. The van der Waals surface area contributed by atoms with Crippen LogP contribution in [-0.2, 0) is 14.0 Å². The number of ketones is 1. The standard InChI is InChI=1S/C38H66O3Si/c1-13-42(14-2,15-3)41-32-30-29(24(4)22-26(40-30)31(39)33(6,7)8)35(11)20-21-38-23-37(38)19-18-25(5)34(9,10)27(37)16-17-28(38)36(32,35)12/h24-30,32H,13-23H2,1-12H3/t24?,25?,26?,27-,28-,29?,30?,32-,35+,36+,37+,38?/m0/s1. The van der Waals surface area contributed by atoms with Crippen LogP contribution in [-0.4, -0.2) is 32.4 Å². The molecule has 6 aliphatic rings. The van der Waals surface area contributed by atoms with Gasteiger partial charge in [0.1, 0.15) is 6.10 Å². The third-order valence-electron chi connectivity index (χ3n) is 16.7. The first kappa shape index (κ1) is 31.8. The van der Waals surface area contributed by atoms with Crippen LogP contribution in [0.3, 0.4) is 0 Å². The van der Waals surface area contributed by atoms with E-state index in [1.807, 2.05) is 0 Å². The van der Waals surface area contributed by atoms with Gasteiger partial charge in [0.25, 0.3) is 0 Å². The lowest BCUT2D eigenvalue weighted by molar-refractivity contribution is -0.172. The predicted octanol–water partition coefficient (Wildman–Crippen LogP) is 10.1. The molecule has 1 saturated heterocycles. The fourth-order valence-corrected chi connectivity index (χ4v) is 16.5. The average Bonchev–Trinajstić information content (AvgIpc) is 3.56. The Morgan fingerprint density at radius 3 is 2.07 bits per heavy atom. The van der Waals surface area contributed by atoms with Crippen LogP contribution in [0.5, 0.6) is 0 Å². The van der Waals surface area contributed by atoms with Gasteiger partial charge in [0, 0.05) is 10.8 Å². The van der Waals surface area contributed by atoms with Crippen LogP contribution in [0, 0.1) is 62.1 Å². The molecular weight excluding hydrogens is 533 g/mol. The monoisotopic (exact) mass is 598 g/mol. The van der Waals surface area contributed by atoms with Crippen LogP contribution in [0.1, 0.15) is 134 Å². The van der Waals surface area contributed by atoms with E-state index in [1.54, 1.807) is 0 Å². The van der Waals surface area contributed by atoms with Crippen molar-refractivity contribution in [3.63, 3.8) is 0 Å². The molecule has 5 aliphatic carbocycles. The second-order valence-corrected chi connectivity index (χ2v) is 23.6. The van der Waals surface area contributed by atoms with Crippen LogP contribution >= 0.6 is 0 Å². The van der Waals surface area contributed by atoms with Gasteiger partial charge in [-0.15, -0.1) is 0 Å². The molecule has 1 aliphatic heterocycles. The zero-order valence-electron chi connectivity index (χ0n) is 29.6. The SMILES string of the molecule is CC[Si](CC)(CC)O[C@H]1C2OC(C(=O)C(C)(C)C)CC(C)C2[C@@]2(C)CCC34C[C@@]35CCC(C)C(C)(C)[C@@H]5CC[C@H]4[C@]12C. The molecule has 2 spiro atoms. The van der Waals surface area contributed by atoms with Gasteiger partial charge in [0.15, 0.2) is 14.1 Å². The molecule has 240 valence electrons. The maximum atomic E-state index is 13.8. The van der Waals surface area contributed by atoms with E-state index in [9.17, 15) is 4.79 Å². The summed E-state index contributed by atoms with van der Waals surface area (Å²) in [5.74, 6) is 3.66. The number of ether oxygens (including phenoxy) is 1. The van der Waals surface area contributed by atoms with E-state index in [2.05, 4.69) is 83.1 Å². The van der Waals surface area contributed by atoms with Crippen LogP contribution in [0.25, 0.3) is 0 Å². The van der Waals surface area contributed by atoms with Gasteiger partial charge in [-0.2, -0.15) is 0 Å². The summed E-state index contributed by atoms with van der Waals surface area (Å²) in [5, 5.41) is 0. The third-order valence-corrected chi connectivity index (χ3v) is 21.3. The lowest BCUT2D eigenvalue weighted by Gasteiger charge is -2.64. The van der Waals surface area contributed by atoms with Gasteiger partial charge in [-0.3, -0.25) is 4.79 Å². The minimum atomic E-state index is -1.92. The molecule has 6 rings (SSSR count). The Kier molecular flexibility index (Phi) is 7.31. The van der Waals surface area contributed by atoms with Crippen molar-refractivity contribution in [2.24, 2.45) is 62.1 Å². The van der Waals surface area contributed by atoms with Crippen LogP contribution in [0.4, 0.5) is 0 Å². The van der Waals surface area contributed by atoms with E-state index in [0.717, 1.165) is 18.3 Å². The van der Waals surface area contributed by atoms with E-state index in [1.165, 1.54) is 63.1 Å². The Balaban J connectivity index is 1.46. The minimum Gasteiger partial charge on any atom is -0.411 e. The normalized spacial score (nSPS) is 51.0. The van der Waals surface area contributed by atoms with E-state index in [0.29, 0.717) is 39.8 Å². The summed E-state index contributed by atoms with van der Waals surface area (Å²) < 4.78 is 15.0. The first-order valence-electron chi connectivity index (χ1n) is 18.3. The fourth-order valence-electron chi connectivity index (χ4n) is 13.6. The summed E-state index contributed by atoms with van der Waals surface area (Å²) in [6.07, 6.45) is 10.6. The highest BCUT2D eigenvalue weighted by Crippen LogP contribution is 2.89. The van der Waals surface area contributed by atoms with Crippen molar-refractivity contribution in [2.75, 3.05) is 0 Å². The molecule has 1 heterocycles. The number of fused-ring (bicyclic) bond motifs is 4. The first-order valence-corrected chi connectivity index (χ1v) is 20.9. The van der Waals surface area contributed by atoms with Gasteiger partial charge >= 0.3 is 0 Å². The first-order chi connectivity index (χ1) is 19.4. The Morgan fingerprint density at radius 2 is 1.48 bits per heavy atom. The average molecular weight is 599 g/mol. The quantitative estimate of drug-likeness (QED) is 0.285. The van der Waals surface area contributed by atoms with Crippen molar-refractivity contribution in [1.82, 2.24) is 0 Å². The Labute approximate surface area is 260 Å². The molecule has 12 atom stereocenters. The molecule has 6 unspecified atom stereocenters. The van der Waals surface area contributed by atoms with Crippen molar-refractivity contribution in [2.45, 2.75) is 171 Å². The van der Waals surface area contributed by atoms with Gasteiger partial charge in [-0.1, -0.05) is 83.1 Å². The molecule has 4 heteroatoms.